The number of amides is 2. The summed E-state index contributed by atoms with van der Waals surface area (Å²) in [7, 11) is 0. The molecular weight excluding hydrogens is 394 g/mol. The van der Waals surface area contributed by atoms with Crippen molar-refractivity contribution in [2.45, 2.75) is 18.9 Å². The molecule has 6 N–H and O–H groups in total. The lowest BCUT2D eigenvalue weighted by Gasteiger charge is -2.14. The minimum Gasteiger partial charge on any atom is -0.481 e. The van der Waals surface area contributed by atoms with Crippen molar-refractivity contribution in [3.05, 3.63) is 59.7 Å². The quantitative estimate of drug-likeness (QED) is 0.309. The third kappa shape index (κ3) is 6.44. The number of hydrogen-bond acceptors (Lipinski definition) is 5. The van der Waals surface area contributed by atoms with E-state index in [0.29, 0.717) is 11.3 Å². The summed E-state index contributed by atoms with van der Waals surface area (Å²) in [5, 5.41) is 14.0. The summed E-state index contributed by atoms with van der Waals surface area (Å²) in [5.41, 5.74) is 4.86. The summed E-state index contributed by atoms with van der Waals surface area (Å²) < 4.78 is 0. The molecule has 0 aliphatic carbocycles. The molecule has 2 aromatic carbocycles. The lowest BCUT2D eigenvalue weighted by atomic mass is 10.0. The van der Waals surface area contributed by atoms with Crippen molar-refractivity contribution in [3.63, 3.8) is 0 Å². The first kappa shape index (κ1) is 22.1. The molecule has 29 heavy (non-hydrogen) atoms. The number of quaternary nitrogens is 1. The van der Waals surface area contributed by atoms with Gasteiger partial charge in [0.1, 0.15) is 0 Å². The number of carbonyl (C=O) groups excluding carboxylic acids is 3. The zero-order chi connectivity index (χ0) is 21.4. The summed E-state index contributed by atoms with van der Waals surface area (Å²) in [6, 6.07) is 12.4. The van der Waals surface area contributed by atoms with Gasteiger partial charge >= 0.3 is 5.97 Å². The molecule has 0 aromatic heterocycles. The van der Waals surface area contributed by atoms with Crippen LogP contribution in [0.1, 0.15) is 28.8 Å². The molecule has 0 bridgehead atoms. The molecule has 0 radical (unpaired) electrons. The Morgan fingerprint density at radius 1 is 1.00 bits per heavy atom. The van der Waals surface area contributed by atoms with Crippen LogP contribution in [0.2, 0.25) is 0 Å². The van der Waals surface area contributed by atoms with Gasteiger partial charge in [-0.3, -0.25) is 19.2 Å². The highest BCUT2D eigenvalue weighted by atomic mass is 32.1. The van der Waals surface area contributed by atoms with Gasteiger partial charge in [0.25, 0.3) is 5.91 Å². The van der Waals surface area contributed by atoms with Crippen LogP contribution in [-0.4, -0.2) is 40.5 Å². The van der Waals surface area contributed by atoms with E-state index in [4.69, 9.17) is 5.11 Å². The van der Waals surface area contributed by atoms with Crippen LogP contribution in [0.25, 0.3) is 0 Å². The van der Waals surface area contributed by atoms with Crippen molar-refractivity contribution < 1.29 is 30.0 Å². The van der Waals surface area contributed by atoms with Gasteiger partial charge in [0.15, 0.2) is 11.8 Å². The molecule has 2 amide bonds. The largest absolute Gasteiger partial charge is 0.481 e. The van der Waals surface area contributed by atoms with Gasteiger partial charge in [0.05, 0.1) is 17.9 Å². The summed E-state index contributed by atoms with van der Waals surface area (Å²) in [4.78, 5) is 47.7. The number of carbonyl (C=O) groups is 4. The lowest BCUT2D eigenvalue weighted by molar-refractivity contribution is -0.395. The summed E-state index contributed by atoms with van der Waals surface area (Å²) in [6.45, 7) is 0. The van der Waals surface area contributed by atoms with E-state index in [0.717, 1.165) is 0 Å². The fourth-order valence-corrected chi connectivity index (χ4v) is 2.59. The highest BCUT2D eigenvalue weighted by molar-refractivity contribution is 7.80. The topological polar surface area (TPSA) is 140 Å². The van der Waals surface area contributed by atoms with Gasteiger partial charge < -0.3 is 21.5 Å². The Hall–Kier alpha value is -3.17. The number of carboxylic acids is 1. The number of benzene rings is 2. The molecule has 8 nitrogen and oxygen atoms in total. The maximum absolute atomic E-state index is 13.0. The van der Waals surface area contributed by atoms with Gasteiger partial charge in [-0.05, 0) is 18.2 Å². The molecule has 0 aliphatic rings. The molecule has 0 spiro atoms. The molecular formula is C20H22N3O5S+. The summed E-state index contributed by atoms with van der Waals surface area (Å²) >= 11 is 4.04. The van der Waals surface area contributed by atoms with Crippen LogP contribution in [0.3, 0.4) is 0 Å². The molecule has 0 saturated carbocycles. The minimum atomic E-state index is -1.09. The standard InChI is InChI=1S/C20H21N3O5S/c21-15(11-29)20(28)22-13-6-7-16(23-17(24)8-9-18(25)26)14(10-13)19(27)12-4-2-1-3-5-12/h1-7,10,15,29H,8-9,11,21H2,(H,22,28)(H,23,24)(H,25,26)/p+1/t15-/m0/s1. The Morgan fingerprint density at radius 3 is 2.31 bits per heavy atom. The molecule has 2 aromatic rings. The number of hydrogen-bond donors (Lipinski definition) is 5. The average molecular weight is 416 g/mol. The second-order valence-corrected chi connectivity index (χ2v) is 6.63. The van der Waals surface area contributed by atoms with Crippen molar-refractivity contribution in [1.82, 2.24) is 0 Å². The number of aliphatic carboxylic acids is 1. The molecule has 152 valence electrons. The van der Waals surface area contributed by atoms with Crippen molar-refractivity contribution in [2.24, 2.45) is 0 Å². The molecule has 0 unspecified atom stereocenters. The second-order valence-electron chi connectivity index (χ2n) is 6.27. The third-order valence-corrected chi connectivity index (χ3v) is 4.44. The molecule has 1 atom stereocenters. The first-order valence-corrected chi connectivity index (χ1v) is 9.45. The van der Waals surface area contributed by atoms with Gasteiger partial charge in [-0.25, -0.2) is 0 Å². The maximum atomic E-state index is 13.0. The first-order valence-electron chi connectivity index (χ1n) is 8.82. The molecule has 0 fully saturated rings. The zero-order valence-electron chi connectivity index (χ0n) is 15.6. The van der Waals surface area contributed by atoms with E-state index in [1.165, 1.54) is 18.2 Å². The highest BCUT2D eigenvalue weighted by Crippen LogP contribution is 2.24. The van der Waals surface area contributed by atoms with Crippen LogP contribution < -0.4 is 16.4 Å². The van der Waals surface area contributed by atoms with Gasteiger partial charge in [-0.1, -0.05) is 30.3 Å². The fourth-order valence-electron chi connectivity index (χ4n) is 2.42. The van der Waals surface area contributed by atoms with E-state index in [9.17, 15) is 19.2 Å². The van der Waals surface area contributed by atoms with Crippen molar-refractivity contribution in [2.75, 3.05) is 16.4 Å². The minimum absolute atomic E-state index is 0.171. The molecule has 0 heterocycles. The van der Waals surface area contributed by atoms with E-state index < -0.39 is 17.9 Å². The Bertz CT molecular complexity index is 918. The van der Waals surface area contributed by atoms with Crippen molar-refractivity contribution in [1.29, 1.82) is 0 Å². The predicted molar refractivity (Wildman–Crippen MR) is 111 cm³/mol. The van der Waals surface area contributed by atoms with E-state index >= 15 is 0 Å². The van der Waals surface area contributed by atoms with Gasteiger partial charge in [0, 0.05) is 23.2 Å². The van der Waals surface area contributed by atoms with E-state index in [1.807, 2.05) is 0 Å². The monoisotopic (exact) mass is 416 g/mol. The van der Waals surface area contributed by atoms with Crippen molar-refractivity contribution >= 4 is 47.6 Å². The van der Waals surface area contributed by atoms with Crippen LogP contribution in [0.15, 0.2) is 48.5 Å². The predicted octanol–water partition coefficient (Wildman–Crippen LogP) is 1.20. The maximum Gasteiger partial charge on any atom is 0.303 e. The smallest absolute Gasteiger partial charge is 0.303 e. The third-order valence-electron chi connectivity index (χ3n) is 4.00. The summed E-state index contributed by atoms with van der Waals surface area (Å²) in [6.07, 6.45) is -0.547. The van der Waals surface area contributed by atoms with E-state index in [1.54, 1.807) is 30.3 Å². The lowest BCUT2D eigenvalue weighted by Crippen LogP contribution is -2.67. The molecule has 0 saturated heterocycles. The Labute approximate surface area is 172 Å². The Balaban J connectivity index is 2.34. The molecule has 2 rings (SSSR count). The van der Waals surface area contributed by atoms with E-state index in [2.05, 4.69) is 29.0 Å². The Kier molecular flexibility index (Phi) is 7.93. The molecule has 9 heteroatoms. The van der Waals surface area contributed by atoms with Crippen LogP contribution >= 0.6 is 12.6 Å². The van der Waals surface area contributed by atoms with Crippen LogP contribution in [0, 0.1) is 0 Å². The first-order chi connectivity index (χ1) is 13.8. The van der Waals surface area contributed by atoms with Crippen LogP contribution in [0.5, 0.6) is 0 Å². The number of thiol groups is 1. The number of nitrogens with one attached hydrogen (secondary N) is 2. The average Bonchev–Trinajstić information content (AvgIpc) is 2.72. The van der Waals surface area contributed by atoms with Gasteiger partial charge in [-0.15, -0.1) is 0 Å². The number of anilines is 2. The van der Waals surface area contributed by atoms with Crippen molar-refractivity contribution in [3.8, 4) is 0 Å². The highest BCUT2D eigenvalue weighted by Gasteiger charge is 2.19. The normalized spacial score (nSPS) is 11.4. The van der Waals surface area contributed by atoms with Gasteiger partial charge in [0.2, 0.25) is 5.91 Å². The van der Waals surface area contributed by atoms with Crippen LogP contribution in [0.4, 0.5) is 11.4 Å². The second kappa shape index (κ2) is 10.4. The van der Waals surface area contributed by atoms with E-state index in [-0.39, 0.29) is 41.5 Å². The van der Waals surface area contributed by atoms with Crippen LogP contribution in [-0.2, 0) is 14.4 Å². The SMILES string of the molecule is [NH3+][C@@H](CS)C(=O)Nc1ccc(NC(=O)CCC(=O)O)c(C(=O)c2ccccc2)c1. The molecule has 0 aliphatic heterocycles. The Morgan fingerprint density at radius 2 is 1.69 bits per heavy atom. The fraction of sp³-hybridized carbons (Fsp3) is 0.200. The van der Waals surface area contributed by atoms with Gasteiger partial charge in [-0.2, -0.15) is 12.6 Å². The number of carboxylic acid groups (broad SMARTS) is 1. The zero-order valence-corrected chi connectivity index (χ0v) is 16.4. The summed E-state index contributed by atoms with van der Waals surface area (Å²) in [5.74, 6) is -2.06. The number of rotatable bonds is 9. The number of ketones is 1.